The van der Waals surface area contributed by atoms with Crippen LogP contribution in [0.4, 0.5) is 0 Å². The number of nitrogens with one attached hydrogen (secondary N) is 1. The molecule has 4 heteroatoms. The van der Waals surface area contributed by atoms with Crippen LogP contribution in [0.15, 0.2) is 23.1 Å². The van der Waals surface area contributed by atoms with Crippen LogP contribution in [0.25, 0.3) is 0 Å². The van der Waals surface area contributed by atoms with Crippen molar-refractivity contribution in [2.75, 3.05) is 18.8 Å². The van der Waals surface area contributed by atoms with E-state index in [1.54, 1.807) is 6.07 Å². The van der Waals surface area contributed by atoms with Crippen molar-refractivity contribution in [2.45, 2.75) is 30.1 Å². The molecule has 1 aromatic carbocycles. The Morgan fingerprint density at radius 1 is 1.29 bits per heavy atom. The van der Waals surface area contributed by atoms with E-state index in [2.05, 4.69) is 11.4 Å². The zero-order valence-electron chi connectivity index (χ0n) is 9.78. The van der Waals surface area contributed by atoms with Crippen molar-refractivity contribution >= 4 is 9.84 Å². The SMILES string of the molecule is O=S1(=O)CCc2c(C3CCCNC3)cccc21. The fraction of sp³-hybridized carbons (Fsp3) is 0.538. The van der Waals surface area contributed by atoms with Crippen LogP contribution in [0.3, 0.4) is 0 Å². The minimum atomic E-state index is -2.99. The number of benzene rings is 1. The second-order valence-corrected chi connectivity index (χ2v) is 7.01. The summed E-state index contributed by atoms with van der Waals surface area (Å²) in [6.07, 6.45) is 3.05. The molecule has 3 rings (SSSR count). The van der Waals surface area contributed by atoms with Gasteiger partial charge in [0.2, 0.25) is 0 Å². The van der Waals surface area contributed by atoms with Crippen molar-refractivity contribution in [2.24, 2.45) is 0 Å². The van der Waals surface area contributed by atoms with E-state index in [1.165, 1.54) is 18.4 Å². The quantitative estimate of drug-likeness (QED) is 0.822. The summed E-state index contributed by atoms with van der Waals surface area (Å²) in [4.78, 5) is 0.584. The predicted molar refractivity (Wildman–Crippen MR) is 67.0 cm³/mol. The Hall–Kier alpha value is -0.870. The molecule has 17 heavy (non-hydrogen) atoms. The smallest absolute Gasteiger partial charge is 0.178 e. The number of rotatable bonds is 1. The molecule has 92 valence electrons. The molecule has 0 amide bonds. The lowest BCUT2D eigenvalue weighted by Gasteiger charge is -2.24. The van der Waals surface area contributed by atoms with Crippen molar-refractivity contribution in [1.82, 2.24) is 5.32 Å². The highest BCUT2D eigenvalue weighted by atomic mass is 32.2. The van der Waals surface area contributed by atoms with Crippen molar-refractivity contribution in [3.8, 4) is 0 Å². The lowest BCUT2D eigenvalue weighted by molar-refractivity contribution is 0.459. The lowest BCUT2D eigenvalue weighted by atomic mass is 9.88. The molecule has 0 aliphatic carbocycles. The fourth-order valence-electron chi connectivity index (χ4n) is 2.99. The zero-order valence-corrected chi connectivity index (χ0v) is 10.6. The van der Waals surface area contributed by atoms with E-state index in [-0.39, 0.29) is 0 Å². The first-order valence-electron chi connectivity index (χ1n) is 6.24. The third-order valence-electron chi connectivity index (χ3n) is 3.86. The van der Waals surface area contributed by atoms with Crippen LogP contribution in [-0.4, -0.2) is 27.3 Å². The lowest BCUT2D eigenvalue weighted by Crippen LogP contribution is -2.28. The van der Waals surface area contributed by atoms with Gasteiger partial charge in [0.25, 0.3) is 0 Å². The second kappa shape index (κ2) is 4.10. The largest absolute Gasteiger partial charge is 0.316 e. The van der Waals surface area contributed by atoms with Gasteiger partial charge >= 0.3 is 0 Å². The van der Waals surface area contributed by atoms with Crippen molar-refractivity contribution < 1.29 is 8.42 Å². The Morgan fingerprint density at radius 3 is 2.94 bits per heavy atom. The van der Waals surface area contributed by atoms with Crippen LogP contribution in [0.1, 0.15) is 29.9 Å². The van der Waals surface area contributed by atoms with Crippen LogP contribution in [0.5, 0.6) is 0 Å². The first kappa shape index (κ1) is 11.2. The Balaban J connectivity index is 2.05. The molecular formula is C13H17NO2S. The summed E-state index contributed by atoms with van der Waals surface area (Å²) in [6, 6.07) is 5.76. The maximum absolute atomic E-state index is 11.9. The van der Waals surface area contributed by atoms with Crippen molar-refractivity contribution in [3.05, 3.63) is 29.3 Å². The van der Waals surface area contributed by atoms with Gasteiger partial charge in [0.1, 0.15) is 0 Å². The van der Waals surface area contributed by atoms with E-state index in [1.807, 2.05) is 6.07 Å². The topological polar surface area (TPSA) is 46.2 Å². The van der Waals surface area contributed by atoms with E-state index in [9.17, 15) is 8.42 Å². The summed E-state index contributed by atoms with van der Waals surface area (Å²) < 4.78 is 23.7. The molecule has 0 radical (unpaired) electrons. The summed E-state index contributed by atoms with van der Waals surface area (Å²) in [7, 11) is -2.99. The molecule has 2 aliphatic heterocycles. The van der Waals surface area contributed by atoms with E-state index in [0.29, 0.717) is 23.0 Å². The van der Waals surface area contributed by atoms with Gasteiger partial charge in [-0.25, -0.2) is 8.42 Å². The summed E-state index contributed by atoms with van der Waals surface area (Å²) >= 11 is 0. The Labute approximate surface area is 102 Å². The Kier molecular flexibility index (Phi) is 2.71. The predicted octanol–water partition coefficient (Wildman–Crippen LogP) is 1.48. The van der Waals surface area contributed by atoms with Crippen LogP contribution in [0, 0.1) is 0 Å². The molecule has 0 aromatic heterocycles. The summed E-state index contributed by atoms with van der Waals surface area (Å²) in [5.74, 6) is 0.784. The van der Waals surface area contributed by atoms with Crippen LogP contribution in [0.2, 0.25) is 0 Å². The standard InChI is InChI=1S/C13H17NO2S/c15-17(16)8-6-12-11(4-1-5-13(12)17)10-3-2-7-14-9-10/h1,4-5,10,14H,2-3,6-9H2. The molecule has 0 bridgehead atoms. The van der Waals surface area contributed by atoms with E-state index < -0.39 is 9.84 Å². The van der Waals surface area contributed by atoms with E-state index in [0.717, 1.165) is 18.7 Å². The third kappa shape index (κ3) is 1.89. The van der Waals surface area contributed by atoms with E-state index in [4.69, 9.17) is 0 Å². The number of piperidine rings is 1. The molecule has 1 unspecified atom stereocenters. The molecule has 2 aliphatic rings. The van der Waals surface area contributed by atoms with Gasteiger partial charge in [-0.1, -0.05) is 12.1 Å². The number of fused-ring (bicyclic) bond motifs is 1. The van der Waals surface area contributed by atoms with Crippen molar-refractivity contribution in [3.63, 3.8) is 0 Å². The van der Waals surface area contributed by atoms with E-state index >= 15 is 0 Å². The highest BCUT2D eigenvalue weighted by Crippen LogP contribution is 2.34. The van der Waals surface area contributed by atoms with Crippen LogP contribution < -0.4 is 5.32 Å². The van der Waals surface area contributed by atoms with Gasteiger partial charge in [0, 0.05) is 6.54 Å². The van der Waals surface area contributed by atoms with Crippen LogP contribution in [-0.2, 0) is 16.3 Å². The zero-order chi connectivity index (χ0) is 11.9. The van der Waals surface area contributed by atoms with Gasteiger partial charge in [0.05, 0.1) is 10.6 Å². The monoisotopic (exact) mass is 251 g/mol. The van der Waals surface area contributed by atoms with Gasteiger partial charge in [-0.05, 0) is 48.9 Å². The number of hydrogen-bond acceptors (Lipinski definition) is 3. The first-order chi connectivity index (χ1) is 8.18. The maximum Gasteiger partial charge on any atom is 0.178 e. The molecule has 0 spiro atoms. The van der Waals surface area contributed by atoms with Gasteiger partial charge < -0.3 is 5.32 Å². The average molecular weight is 251 g/mol. The fourth-order valence-corrected chi connectivity index (χ4v) is 4.56. The Bertz CT molecular complexity index is 530. The molecule has 1 N–H and O–H groups in total. The normalized spacial score (nSPS) is 26.7. The number of sulfone groups is 1. The molecule has 2 heterocycles. The minimum absolute atomic E-state index is 0.291. The van der Waals surface area contributed by atoms with Crippen LogP contribution >= 0.6 is 0 Å². The summed E-state index contributed by atoms with van der Waals surface area (Å²) in [5, 5.41) is 3.40. The first-order valence-corrected chi connectivity index (χ1v) is 7.89. The van der Waals surface area contributed by atoms with Gasteiger partial charge in [-0.15, -0.1) is 0 Å². The van der Waals surface area contributed by atoms with Crippen molar-refractivity contribution in [1.29, 1.82) is 0 Å². The highest BCUT2D eigenvalue weighted by molar-refractivity contribution is 7.91. The van der Waals surface area contributed by atoms with Gasteiger partial charge in [-0.2, -0.15) is 0 Å². The molecule has 3 nitrogen and oxygen atoms in total. The van der Waals surface area contributed by atoms with Gasteiger partial charge in [0.15, 0.2) is 9.84 Å². The molecule has 1 aromatic rings. The molecule has 0 saturated carbocycles. The molecule has 1 atom stereocenters. The summed E-state index contributed by atoms with van der Waals surface area (Å²) in [6.45, 7) is 2.07. The highest BCUT2D eigenvalue weighted by Gasteiger charge is 2.30. The average Bonchev–Trinajstić information content (AvgIpc) is 2.67. The number of hydrogen-bond donors (Lipinski definition) is 1. The maximum atomic E-state index is 11.9. The Morgan fingerprint density at radius 2 is 2.18 bits per heavy atom. The van der Waals surface area contributed by atoms with Gasteiger partial charge in [-0.3, -0.25) is 0 Å². The molecular weight excluding hydrogens is 234 g/mol. The molecule has 1 saturated heterocycles. The molecule has 1 fully saturated rings. The second-order valence-electron chi connectivity index (χ2n) is 4.94. The summed E-state index contributed by atoms with van der Waals surface area (Å²) in [5.41, 5.74) is 2.34. The minimum Gasteiger partial charge on any atom is -0.316 e. The third-order valence-corrected chi connectivity index (χ3v) is 5.66.